The second-order valence-corrected chi connectivity index (χ2v) is 5.09. The third-order valence-corrected chi connectivity index (χ3v) is 3.48. The fourth-order valence-corrected chi connectivity index (χ4v) is 2.15. The quantitative estimate of drug-likeness (QED) is 0.697. The Hall–Kier alpha value is -1.49. The first kappa shape index (κ1) is 13.6. The van der Waals surface area contributed by atoms with E-state index in [9.17, 15) is 8.42 Å². The molecule has 0 radical (unpaired) electrons. The highest BCUT2D eigenvalue weighted by Crippen LogP contribution is 2.07. The average molecular weight is 255 g/mol. The Morgan fingerprint density at radius 2 is 2.18 bits per heavy atom. The lowest BCUT2D eigenvalue weighted by atomic mass is 10.3. The van der Waals surface area contributed by atoms with Crippen LogP contribution in [0.4, 0.5) is 0 Å². The number of unbranched alkanes of at least 4 members (excludes halogenated alkanes) is 1. The summed E-state index contributed by atoms with van der Waals surface area (Å²) in [7, 11) is -3.57. The molecule has 1 aromatic rings. The maximum atomic E-state index is 11.7. The van der Waals surface area contributed by atoms with E-state index in [4.69, 9.17) is 10.4 Å². The van der Waals surface area contributed by atoms with Crippen molar-refractivity contribution < 1.29 is 13.5 Å². The molecule has 0 fully saturated rings. The van der Waals surface area contributed by atoms with Crippen molar-refractivity contribution in [2.45, 2.75) is 17.7 Å². The van der Waals surface area contributed by atoms with Crippen molar-refractivity contribution in [1.29, 1.82) is 5.26 Å². The van der Waals surface area contributed by atoms with E-state index in [0.29, 0.717) is 12.8 Å². The SMILES string of the molecule is N#Cc1ccc(S(=O)(=O)NCCCCO)cn1. The Balaban J connectivity index is 2.66. The van der Waals surface area contributed by atoms with Crippen molar-refractivity contribution in [3.63, 3.8) is 0 Å². The molecule has 0 unspecified atom stereocenters. The topological polar surface area (TPSA) is 103 Å². The van der Waals surface area contributed by atoms with Crippen molar-refractivity contribution in [1.82, 2.24) is 9.71 Å². The zero-order valence-electron chi connectivity index (χ0n) is 9.13. The lowest BCUT2D eigenvalue weighted by Crippen LogP contribution is -2.25. The van der Waals surface area contributed by atoms with Gasteiger partial charge in [0.15, 0.2) is 0 Å². The monoisotopic (exact) mass is 255 g/mol. The molecule has 0 atom stereocenters. The molecule has 0 saturated heterocycles. The van der Waals surface area contributed by atoms with Crippen LogP contribution in [0.15, 0.2) is 23.2 Å². The van der Waals surface area contributed by atoms with Gasteiger partial charge in [0.25, 0.3) is 0 Å². The van der Waals surface area contributed by atoms with E-state index >= 15 is 0 Å². The molecule has 0 bridgehead atoms. The van der Waals surface area contributed by atoms with Crippen LogP contribution in [0.25, 0.3) is 0 Å². The van der Waals surface area contributed by atoms with Crippen molar-refractivity contribution in [3.05, 3.63) is 24.0 Å². The van der Waals surface area contributed by atoms with Crippen LogP contribution in [0.1, 0.15) is 18.5 Å². The summed E-state index contributed by atoms with van der Waals surface area (Å²) in [5.41, 5.74) is 0.171. The maximum Gasteiger partial charge on any atom is 0.242 e. The largest absolute Gasteiger partial charge is 0.396 e. The van der Waals surface area contributed by atoms with Gasteiger partial charge in [0.05, 0.1) is 0 Å². The molecule has 17 heavy (non-hydrogen) atoms. The number of nitriles is 1. The summed E-state index contributed by atoms with van der Waals surface area (Å²) in [4.78, 5) is 3.72. The average Bonchev–Trinajstić information content (AvgIpc) is 2.35. The fraction of sp³-hybridized carbons (Fsp3) is 0.400. The molecule has 92 valence electrons. The Morgan fingerprint density at radius 1 is 1.41 bits per heavy atom. The molecule has 0 spiro atoms. The molecule has 0 saturated carbocycles. The summed E-state index contributed by atoms with van der Waals surface area (Å²) in [6.07, 6.45) is 2.26. The highest BCUT2D eigenvalue weighted by Gasteiger charge is 2.13. The standard InChI is InChI=1S/C10H13N3O3S/c11-7-9-3-4-10(8-12-9)17(15,16)13-5-1-2-6-14/h3-4,8,13-14H,1-2,5-6H2. The highest BCUT2D eigenvalue weighted by molar-refractivity contribution is 7.89. The zero-order chi connectivity index (χ0) is 12.7. The van der Waals surface area contributed by atoms with Crippen LogP contribution in [0.2, 0.25) is 0 Å². The van der Waals surface area contributed by atoms with Crippen LogP contribution in [0.5, 0.6) is 0 Å². The van der Waals surface area contributed by atoms with Gasteiger partial charge in [0.2, 0.25) is 10.0 Å². The summed E-state index contributed by atoms with van der Waals surface area (Å²) >= 11 is 0. The second-order valence-electron chi connectivity index (χ2n) is 3.32. The Morgan fingerprint density at radius 3 is 2.71 bits per heavy atom. The van der Waals surface area contributed by atoms with E-state index in [0.717, 1.165) is 6.20 Å². The number of aliphatic hydroxyl groups is 1. The molecule has 1 heterocycles. The van der Waals surface area contributed by atoms with Crippen LogP contribution >= 0.6 is 0 Å². The number of hydrogen-bond donors (Lipinski definition) is 2. The van der Waals surface area contributed by atoms with E-state index in [1.165, 1.54) is 12.1 Å². The Labute approximate surface area is 100.0 Å². The number of sulfonamides is 1. The van der Waals surface area contributed by atoms with Gasteiger partial charge in [-0.3, -0.25) is 0 Å². The van der Waals surface area contributed by atoms with Crippen LogP contribution in [-0.4, -0.2) is 31.7 Å². The van der Waals surface area contributed by atoms with Gasteiger partial charge in [-0.25, -0.2) is 18.1 Å². The highest BCUT2D eigenvalue weighted by atomic mass is 32.2. The predicted molar refractivity (Wildman–Crippen MR) is 60.5 cm³/mol. The van der Waals surface area contributed by atoms with Crippen molar-refractivity contribution in [2.24, 2.45) is 0 Å². The van der Waals surface area contributed by atoms with Gasteiger partial charge in [0.1, 0.15) is 16.7 Å². The number of nitrogens with one attached hydrogen (secondary N) is 1. The number of pyridine rings is 1. The summed E-state index contributed by atoms with van der Waals surface area (Å²) in [6, 6.07) is 4.49. The van der Waals surface area contributed by atoms with Crippen molar-refractivity contribution in [2.75, 3.05) is 13.2 Å². The van der Waals surface area contributed by atoms with E-state index in [-0.39, 0.29) is 23.7 Å². The normalized spacial score (nSPS) is 11.1. The molecule has 6 nitrogen and oxygen atoms in total. The first-order chi connectivity index (χ1) is 8.10. The van der Waals surface area contributed by atoms with Gasteiger partial charge >= 0.3 is 0 Å². The second kappa shape index (κ2) is 6.30. The third kappa shape index (κ3) is 4.11. The molecule has 1 aromatic heterocycles. The molecule has 1 rings (SSSR count). The lowest BCUT2D eigenvalue weighted by molar-refractivity contribution is 0.285. The summed E-state index contributed by atoms with van der Waals surface area (Å²) in [5, 5.41) is 17.1. The smallest absolute Gasteiger partial charge is 0.242 e. The number of aromatic nitrogens is 1. The summed E-state index contributed by atoms with van der Waals surface area (Å²) < 4.78 is 25.8. The van der Waals surface area contributed by atoms with E-state index in [2.05, 4.69) is 9.71 Å². The van der Waals surface area contributed by atoms with Crippen LogP contribution < -0.4 is 4.72 Å². The zero-order valence-corrected chi connectivity index (χ0v) is 9.94. The lowest BCUT2D eigenvalue weighted by Gasteiger charge is -2.05. The van der Waals surface area contributed by atoms with Gasteiger partial charge in [0, 0.05) is 19.3 Å². The minimum absolute atomic E-state index is 0.0282. The third-order valence-electron chi connectivity index (χ3n) is 2.04. The van der Waals surface area contributed by atoms with Gasteiger partial charge in [-0.1, -0.05) is 0 Å². The van der Waals surface area contributed by atoms with E-state index < -0.39 is 10.0 Å². The Bertz CT molecular complexity index is 491. The van der Waals surface area contributed by atoms with Gasteiger partial charge in [-0.05, 0) is 25.0 Å². The molecular formula is C10H13N3O3S. The number of aliphatic hydroxyl groups excluding tert-OH is 1. The Kier molecular flexibility index (Phi) is 5.03. The van der Waals surface area contributed by atoms with Gasteiger partial charge in [-0.2, -0.15) is 5.26 Å². The molecule has 0 amide bonds. The van der Waals surface area contributed by atoms with Gasteiger partial charge in [-0.15, -0.1) is 0 Å². The predicted octanol–water partition coefficient (Wildman–Crippen LogP) is 0.00408. The van der Waals surface area contributed by atoms with Crippen LogP contribution in [-0.2, 0) is 10.0 Å². The molecule has 0 aliphatic rings. The molecule has 0 aliphatic carbocycles. The molecular weight excluding hydrogens is 242 g/mol. The van der Waals surface area contributed by atoms with Gasteiger partial charge < -0.3 is 5.11 Å². The molecule has 7 heteroatoms. The summed E-state index contributed by atoms with van der Waals surface area (Å²) in [6.45, 7) is 0.309. The number of nitrogens with zero attached hydrogens (tertiary/aromatic N) is 2. The molecule has 0 aromatic carbocycles. The minimum Gasteiger partial charge on any atom is -0.396 e. The van der Waals surface area contributed by atoms with Crippen molar-refractivity contribution in [3.8, 4) is 6.07 Å². The molecule has 2 N–H and O–H groups in total. The van der Waals surface area contributed by atoms with Crippen LogP contribution in [0.3, 0.4) is 0 Å². The first-order valence-corrected chi connectivity index (χ1v) is 6.55. The van der Waals surface area contributed by atoms with E-state index in [1.54, 1.807) is 0 Å². The van der Waals surface area contributed by atoms with Crippen molar-refractivity contribution >= 4 is 10.0 Å². The maximum absolute atomic E-state index is 11.7. The van der Waals surface area contributed by atoms with Crippen LogP contribution in [0, 0.1) is 11.3 Å². The minimum atomic E-state index is -3.57. The fourth-order valence-electron chi connectivity index (χ4n) is 1.13. The number of hydrogen-bond acceptors (Lipinski definition) is 5. The van der Waals surface area contributed by atoms with E-state index in [1.807, 2.05) is 6.07 Å². The summed E-state index contributed by atoms with van der Waals surface area (Å²) in [5.74, 6) is 0. The first-order valence-electron chi connectivity index (χ1n) is 5.07. The number of rotatable bonds is 6. The molecule has 0 aliphatic heterocycles.